The maximum Gasteiger partial charge on any atom is 0.147 e. The zero-order chi connectivity index (χ0) is 21.5. The summed E-state index contributed by atoms with van der Waals surface area (Å²) in [5.74, 6) is 0.221. The molecule has 3 aromatic rings. The Morgan fingerprint density at radius 2 is 1.77 bits per heavy atom. The first kappa shape index (κ1) is 21.4. The van der Waals surface area contributed by atoms with E-state index in [1.54, 1.807) is 6.20 Å². The van der Waals surface area contributed by atoms with E-state index in [4.69, 9.17) is 0 Å². The molecule has 0 saturated heterocycles. The van der Waals surface area contributed by atoms with Gasteiger partial charge in [-0.05, 0) is 50.5 Å². The Balaban J connectivity index is 2.01. The number of allylic oxidation sites excluding steroid dienone is 6. The number of pyridine rings is 1. The van der Waals surface area contributed by atoms with Crippen LogP contribution in [-0.4, -0.2) is 10.1 Å². The highest BCUT2D eigenvalue weighted by atomic mass is 16.3. The summed E-state index contributed by atoms with van der Waals surface area (Å²) in [7, 11) is 0. The second-order valence-electron chi connectivity index (χ2n) is 7.61. The van der Waals surface area contributed by atoms with E-state index in [1.807, 2.05) is 49.4 Å². The van der Waals surface area contributed by atoms with Crippen LogP contribution in [0.5, 0.6) is 5.75 Å². The van der Waals surface area contributed by atoms with Crippen molar-refractivity contribution in [3.05, 3.63) is 107 Å². The van der Waals surface area contributed by atoms with E-state index >= 15 is 0 Å². The summed E-state index contributed by atoms with van der Waals surface area (Å²) < 4.78 is 0. The van der Waals surface area contributed by atoms with Crippen molar-refractivity contribution in [3.8, 4) is 5.75 Å². The Hall–Kier alpha value is -3.33. The fourth-order valence-corrected chi connectivity index (χ4v) is 3.43. The summed E-state index contributed by atoms with van der Waals surface area (Å²) in [5, 5.41) is 15.6. The SMILES string of the molecule is CC/C(C)=C/C=C\C=C(/C)NC(c1ccccc1C)c1ccc2cccnc2c1O. The molecule has 154 valence electrons. The summed E-state index contributed by atoms with van der Waals surface area (Å²) >= 11 is 0. The number of nitrogens with one attached hydrogen (secondary N) is 1. The topological polar surface area (TPSA) is 45.2 Å². The summed E-state index contributed by atoms with van der Waals surface area (Å²) in [4.78, 5) is 4.39. The number of aromatic hydroxyl groups is 1. The zero-order valence-electron chi connectivity index (χ0n) is 18.2. The van der Waals surface area contributed by atoms with Gasteiger partial charge in [0, 0.05) is 22.8 Å². The highest BCUT2D eigenvalue weighted by molar-refractivity contribution is 5.85. The molecule has 3 nitrogen and oxygen atoms in total. The largest absolute Gasteiger partial charge is 0.505 e. The van der Waals surface area contributed by atoms with Gasteiger partial charge >= 0.3 is 0 Å². The van der Waals surface area contributed by atoms with Crippen LogP contribution in [-0.2, 0) is 0 Å². The molecule has 0 amide bonds. The molecular formula is C27H30N2O. The number of aryl methyl sites for hydroxylation is 1. The lowest BCUT2D eigenvalue weighted by Gasteiger charge is -2.24. The molecule has 0 radical (unpaired) electrons. The van der Waals surface area contributed by atoms with Crippen LogP contribution in [0, 0.1) is 6.92 Å². The number of nitrogens with zero attached hydrogens (tertiary/aromatic N) is 1. The smallest absolute Gasteiger partial charge is 0.147 e. The van der Waals surface area contributed by atoms with Crippen LogP contribution in [0.25, 0.3) is 10.9 Å². The van der Waals surface area contributed by atoms with Gasteiger partial charge in [-0.2, -0.15) is 0 Å². The molecule has 1 atom stereocenters. The van der Waals surface area contributed by atoms with E-state index in [1.165, 1.54) is 11.1 Å². The molecule has 3 heteroatoms. The Bertz CT molecular complexity index is 1110. The molecule has 0 aliphatic heterocycles. The van der Waals surface area contributed by atoms with Crippen LogP contribution in [0.3, 0.4) is 0 Å². The van der Waals surface area contributed by atoms with Crippen molar-refractivity contribution < 1.29 is 5.11 Å². The van der Waals surface area contributed by atoms with Gasteiger partial charge in [0.15, 0.2) is 0 Å². The number of aromatic nitrogens is 1. The third kappa shape index (κ3) is 4.98. The minimum Gasteiger partial charge on any atom is -0.505 e. The lowest BCUT2D eigenvalue weighted by atomic mass is 9.93. The second kappa shape index (κ2) is 9.93. The zero-order valence-corrected chi connectivity index (χ0v) is 18.2. The molecule has 0 spiro atoms. The molecule has 1 aromatic heterocycles. The maximum absolute atomic E-state index is 11.0. The minimum absolute atomic E-state index is 0.185. The van der Waals surface area contributed by atoms with Crippen LogP contribution in [0.1, 0.15) is 49.9 Å². The van der Waals surface area contributed by atoms with E-state index < -0.39 is 0 Å². The third-order valence-corrected chi connectivity index (χ3v) is 5.36. The fraction of sp³-hybridized carbons (Fsp3) is 0.222. The van der Waals surface area contributed by atoms with Gasteiger partial charge < -0.3 is 10.4 Å². The summed E-state index contributed by atoms with van der Waals surface area (Å²) in [6, 6.07) is 15.9. The molecule has 0 bridgehead atoms. The first-order chi connectivity index (χ1) is 14.5. The molecule has 0 fully saturated rings. The van der Waals surface area contributed by atoms with Crippen molar-refractivity contribution in [1.29, 1.82) is 0 Å². The average molecular weight is 399 g/mol. The second-order valence-corrected chi connectivity index (χ2v) is 7.61. The highest BCUT2D eigenvalue weighted by Gasteiger charge is 2.21. The van der Waals surface area contributed by atoms with E-state index in [0.29, 0.717) is 5.52 Å². The van der Waals surface area contributed by atoms with Gasteiger partial charge in [-0.25, -0.2) is 0 Å². The molecular weight excluding hydrogens is 368 g/mol. The Morgan fingerprint density at radius 3 is 2.53 bits per heavy atom. The predicted octanol–water partition coefficient (Wildman–Crippen LogP) is 6.74. The molecule has 0 aliphatic rings. The molecule has 1 heterocycles. The molecule has 0 aliphatic carbocycles. The van der Waals surface area contributed by atoms with Gasteiger partial charge in [0.1, 0.15) is 11.3 Å². The summed E-state index contributed by atoms with van der Waals surface area (Å²) in [6.07, 6.45) is 11.0. The summed E-state index contributed by atoms with van der Waals surface area (Å²) in [5.41, 5.74) is 6.09. The van der Waals surface area contributed by atoms with Gasteiger partial charge in [0.05, 0.1) is 6.04 Å². The van der Waals surface area contributed by atoms with Crippen molar-refractivity contribution in [1.82, 2.24) is 10.3 Å². The fourth-order valence-electron chi connectivity index (χ4n) is 3.43. The molecule has 2 N–H and O–H groups in total. The molecule has 0 saturated carbocycles. The van der Waals surface area contributed by atoms with E-state index in [9.17, 15) is 5.11 Å². The van der Waals surface area contributed by atoms with Gasteiger partial charge in [-0.1, -0.05) is 73.2 Å². The third-order valence-electron chi connectivity index (χ3n) is 5.36. The maximum atomic E-state index is 11.0. The van der Waals surface area contributed by atoms with Gasteiger partial charge in [0.2, 0.25) is 0 Å². The average Bonchev–Trinajstić information content (AvgIpc) is 2.76. The van der Waals surface area contributed by atoms with E-state index in [-0.39, 0.29) is 11.8 Å². The number of phenols is 1. The number of phenolic OH excluding ortho intramolecular Hbond substituents is 1. The molecule has 30 heavy (non-hydrogen) atoms. The lowest BCUT2D eigenvalue weighted by molar-refractivity contribution is 0.466. The predicted molar refractivity (Wildman–Crippen MR) is 127 cm³/mol. The van der Waals surface area contributed by atoms with E-state index in [2.05, 4.69) is 61.4 Å². The minimum atomic E-state index is -0.185. The monoisotopic (exact) mass is 398 g/mol. The van der Waals surface area contributed by atoms with Crippen molar-refractivity contribution in [3.63, 3.8) is 0 Å². The number of rotatable bonds is 7. The standard InChI is InChI=1S/C27H30N2O/c1-5-19(2)11-6-8-13-21(4)29-26(23-15-9-7-12-20(23)3)24-17-16-22-14-10-18-28-25(22)27(24)30/h6-18,26,29-30H,5H2,1-4H3/b8-6-,19-11+,21-13+. The highest BCUT2D eigenvalue weighted by Crippen LogP contribution is 2.35. The van der Waals surface area contributed by atoms with Crippen LogP contribution < -0.4 is 5.32 Å². The summed E-state index contributed by atoms with van der Waals surface area (Å²) in [6.45, 7) is 8.42. The first-order valence-electron chi connectivity index (χ1n) is 10.4. The van der Waals surface area contributed by atoms with Crippen molar-refractivity contribution in [2.45, 2.75) is 40.2 Å². The van der Waals surface area contributed by atoms with Crippen LogP contribution >= 0.6 is 0 Å². The van der Waals surface area contributed by atoms with Crippen LogP contribution in [0.2, 0.25) is 0 Å². The van der Waals surface area contributed by atoms with Gasteiger partial charge in [0.25, 0.3) is 0 Å². The van der Waals surface area contributed by atoms with Crippen molar-refractivity contribution >= 4 is 10.9 Å². The van der Waals surface area contributed by atoms with Crippen molar-refractivity contribution in [2.75, 3.05) is 0 Å². The van der Waals surface area contributed by atoms with Gasteiger partial charge in [-0.15, -0.1) is 0 Å². The molecule has 3 rings (SSSR count). The number of benzene rings is 2. The Morgan fingerprint density at radius 1 is 1.00 bits per heavy atom. The number of hydrogen-bond acceptors (Lipinski definition) is 3. The number of hydrogen-bond donors (Lipinski definition) is 2. The van der Waals surface area contributed by atoms with Crippen LogP contribution in [0.4, 0.5) is 0 Å². The van der Waals surface area contributed by atoms with Gasteiger partial charge in [-0.3, -0.25) is 4.98 Å². The lowest BCUT2D eigenvalue weighted by Crippen LogP contribution is -2.21. The molecule has 2 aromatic carbocycles. The Labute approximate surface area is 179 Å². The first-order valence-corrected chi connectivity index (χ1v) is 10.4. The number of fused-ring (bicyclic) bond motifs is 1. The Kier molecular flexibility index (Phi) is 7.08. The van der Waals surface area contributed by atoms with E-state index in [0.717, 1.165) is 28.6 Å². The molecule has 1 unspecified atom stereocenters. The van der Waals surface area contributed by atoms with Crippen LogP contribution in [0.15, 0.2) is 90.3 Å². The normalized spacial score (nSPS) is 13.7. The quantitative estimate of drug-likeness (QED) is 0.433. The van der Waals surface area contributed by atoms with Crippen molar-refractivity contribution in [2.24, 2.45) is 0 Å².